The summed E-state index contributed by atoms with van der Waals surface area (Å²) in [6, 6.07) is 12.8. The van der Waals surface area contributed by atoms with Crippen molar-refractivity contribution in [3.8, 4) is 11.5 Å². The number of rotatable bonds is 6. The summed E-state index contributed by atoms with van der Waals surface area (Å²) in [4.78, 5) is 26.4. The zero-order chi connectivity index (χ0) is 19.4. The first-order valence-corrected chi connectivity index (χ1v) is 8.90. The van der Waals surface area contributed by atoms with E-state index in [4.69, 9.17) is 15.2 Å². The Morgan fingerprint density at radius 2 is 1.81 bits per heavy atom. The molecule has 1 heterocycles. The molecule has 1 atom stereocenters. The van der Waals surface area contributed by atoms with Crippen LogP contribution in [-0.2, 0) is 29.0 Å². The van der Waals surface area contributed by atoms with Gasteiger partial charge in [0.2, 0.25) is 11.8 Å². The predicted octanol–water partition coefficient (Wildman–Crippen LogP) is 2.08. The molecule has 6 heteroatoms. The third-order valence-corrected chi connectivity index (χ3v) is 4.99. The number of para-hydroxylation sites is 1. The highest BCUT2D eigenvalue weighted by Gasteiger charge is 2.33. The second-order valence-electron chi connectivity index (χ2n) is 6.57. The molecule has 0 bridgehead atoms. The Kier molecular flexibility index (Phi) is 5.64. The number of ether oxygens (including phenoxy) is 2. The molecule has 0 aliphatic carbocycles. The molecule has 3 rings (SSSR count). The lowest BCUT2D eigenvalue weighted by molar-refractivity contribution is -0.140. The zero-order valence-electron chi connectivity index (χ0n) is 15.6. The summed E-state index contributed by atoms with van der Waals surface area (Å²) >= 11 is 0. The number of nitrogens with zero attached hydrogens (tertiary/aromatic N) is 1. The van der Waals surface area contributed by atoms with E-state index in [0.717, 1.165) is 16.7 Å². The summed E-state index contributed by atoms with van der Waals surface area (Å²) in [5, 5.41) is 0. The Morgan fingerprint density at radius 3 is 2.48 bits per heavy atom. The van der Waals surface area contributed by atoms with E-state index < -0.39 is 11.9 Å². The predicted molar refractivity (Wildman–Crippen MR) is 102 cm³/mol. The number of methoxy groups -OCH3 is 2. The summed E-state index contributed by atoms with van der Waals surface area (Å²) in [5.41, 5.74) is 8.59. The molecule has 2 aromatic carbocycles. The quantitative estimate of drug-likeness (QED) is 0.846. The maximum Gasteiger partial charge on any atom is 0.240 e. The van der Waals surface area contributed by atoms with E-state index in [-0.39, 0.29) is 12.3 Å². The number of nitrogens with two attached hydrogens (primary N) is 1. The Hall–Kier alpha value is -3.02. The molecule has 0 aromatic heterocycles. The maximum atomic E-state index is 12.9. The molecular weight excluding hydrogens is 344 g/mol. The van der Waals surface area contributed by atoms with Crippen LogP contribution in [0.4, 0.5) is 0 Å². The van der Waals surface area contributed by atoms with Crippen LogP contribution in [0.5, 0.6) is 11.5 Å². The molecule has 0 saturated carbocycles. The summed E-state index contributed by atoms with van der Waals surface area (Å²) < 4.78 is 10.7. The minimum Gasteiger partial charge on any atom is -0.493 e. The van der Waals surface area contributed by atoms with E-state index in [0.29, 0.717) is 30.9 Å². The molecule has 2 aromatic rings. The topological polar surface area (TPSA) is 81.9 Å². The van der Waals surface area contributed by atoms with E-state index in [1.54, 1.807) is 19.1 Å². The molecule has 0 radical (unpaired) electrons. The number of amides is 2. The minimum absolute atomic E-state index is 0.0989. The molecule has 0 fully saturated rings. The average Bonchev–Trinajstić information content (AvgIpc) is 2.70. The first-order valence-electron chi connectivity index (χ1n) is 8.90. The van der Waals surface area contributed by atoms with Crippen LogP contribution in [0.25, 0.3) is 0 Å². The van der Waals surface area contributed by atoms with Crippen LogP contribution in [0.2, 0.25) is 0 Å². The van der Waals surface area contributed by atoms with E-state index in [9.17, 15) is 9.59 Å². The largest absolute Gasteiger partial charge is 0.493 e. The second kappa shape index (κ2) is 8.12. The Morgan fingerprint density at radius 1 is 1.07 bits per heavy atom. The fourth-order valence-corrected chi connectivity index (χ4v) is 3.58. The number of benzene rings is 2. The van der Waals surface area contributed by atoms with Crippen molar-refractivity contribution in [2.45, 2.75) is 31.8 Å². The van der Waals surface area contributed by atoms with Gasteiger partial charge in [0, 0.05) is 19.4 Å². The fourth-order valence-electron chi connectivity index (χ4n) is 3.58. The highest BCUT2D eigenvalue weighted by Crippen LogP contribution is 2.32. The van der Waals surface area contributed by atoms with Gasteiger partial charge in [0.1, 0.15) is 6.04 Å². The summed E-state index contributed by atoms with van der Waals surface area (Å²) in [6.45, 7) is 0.401. The summed E-state index contributed by atoms with van der Waals surface area (Å²) in [6.07, 6.45) is 1.21. The molecule has 2 amide bonds. The molecule has 0 unspecified atom stereocenters. The van der Waals surface area contributed by atoms with Crippen LogP contribution in [0.15, 0.2) is 42.5 Å². The number of carbonyl (C=O) groups excluding carboxylic acids is 2. The normalized spacial score (nSPS) is 15.8. The number of hydrogen-bond donors (Lipinski definition) is 1. The monoisotopic (exact) mass is 368 g/mol. The van der Waals surface area contributed by atoms with Gasteiger partial charge in [0.05, 0.1) is 14.2 Å². The Labute approximate surface area is 158 Å². The summed E-state index contributed by atoms with van der Waals surface area (Å²) in [5.74, 6) is 0.683. The van der Waals surface area contributed by atoms with Gasteiger partial charge < -0.3 is 20.1 Å². The van der Waals surface area contributed by atoms with Gasteiger partial charge in [-0.2, -0.15) is 0 Å². The van der Waals surface area contributed by atoms with E-state index in [1.165, 1.54) is 0 Å². The van der Waals surface area contributed by atoms with Crippen molar-refractivity contribution in [2.24, 2.45) is 5.73 Å². The van der Waals surface area contributed by atoms with Crippen LogP contribution < -0.4 is 15.2 Å². The number of aryl methyl sites for hydroxylation is 1. The zero-order valence-corrected chi connectivity index (χ0v) is 15.6. The summed E-state index contributed by atoms with van der Waals surface area (Å²) in [7, 11) is 3.16. The molecule has 0 spiro atoms. The van der Waals surface area contributed by atoms with Crippen molar-refractivity contribution in [3.05, 3.63) is 59.2 Å². The van der Waals surface area contributed by atoms with Crippen LogP contribution >= 0.6 is 0 Å². The van der Waals surface area contributed by atoms with Gasteiger partial charge in [0.15, 0.2) is 11.5 Å². The van der Waals surface area contributed by atoms with Gasteiger partial charge in [-0.15, -0.1) is 0 Å². The average molecular weight is 368 g/mol. The van der Waals surface area contributed by atoms with Crippen molar-refractivity contribution in [1.29, 1.82) is 0 Å². The van der Waals surface area contributed by atoms with Gasteiger partial charge >= 0.3 is 0 Å². The van der Waals surface area contributed by atoms with Gasteiger partial charge in [0.25, 0.3) is 0 Å². The smallest absolute Gasteiger partial charge is 0.240 e. The maximum absolute atomic E-state index is 12.9. The first kappa shape index (κ1) is 18.8. The molecule has 142 valence electrons. The van der Waals surface area contributed by atoms with Crippen LogP contribution in [0.3, 0.4) is 0 Å². The van der Waals surface area contributed by atoms with Crippen molar-refractivity contribution in [1.82, 2.24) is 4.90 Å². The SMILES string of the molecule is COc1cccc(CCC(=O)N2Cc3ccccc3C[C@H]2C(N)=O)c1OC. The molecule has 1 aliphatic heterocycles. The highest BCUT2D eigenvalue weighted by atomic mass is 16.5. The van der Waals surface area contributed by atoms with Gasteiger partial charge in [-0.25, -0.2) is 0 Å². The van der Waals surface area contributed by atoms with Crippen molar-refractivity contribution in [2.75, 3.05) is 14.2 Å². The van der Waals surface area contributed by atoms with Crippen LogP contribution in [-0.4, -0.2) is 37.0 Å². The molecule has 6 nitrogen and oxygen atoms in total. The van der Waals surface area contributed by atoms with E-state index in [2.05, 4.69) is 0 Å². The highest BCUT2D eigenvalue weighted by molar-refractivity contribution is 5.87. The number of hydrogen-bond acceptors (Lipinski definition) is 4. The van der Waals surface area contributed by atoms with Gasteiger partial charge in [-0.05, 0) is 29.2 Å². The molecule has 2 N–H and O–H groups in total. The van der Waals surface area contributed by atoms with Crippen LogP contribution in [0, 0.1) is 0 Å². The van der Waals surface area contributed by atoms with E-state index in [1.807, 2.05) is 42.5 Å². The van der Waals surface area contributed by atoms with Crippen molar-refractivity contribution < 1.29 is 19.1 Å². The lowest BCUT2D eigenvalue weighted by Gasteiger charge is -2.35. The Balaban J connectivity index is 1.76. The van der Waals surface area contributed by atoms with Crippen LogP contribution in [0.1, 0.15) is 23.1 Å². The standard InChI is InChI=1S/C21H24N2O4/c1-26-18-9-5-8-14(20(18)27-2)10-11-19(24)23-13-16-7-4-3-6-15(16)12-17(23)21(22)25/h3-9,17H,10-13H2,1-2H3,(H2,22,25)/t17-/m0/s1. The number of primary amides is 1. The lowest BCUT2D eigenvalue weighted by Crippen LogP contribution is -2.51. The Bertz CT molecular complexity index is 850. The van der Waals surface area contributed by atoms with Gasteiger partial charge in [-0.1, -0.05) is 36.4 Å². The molecule has 1 aliphatic rings. The molecule has 0 saturated heterocycles. The second-order valence-corrected chi connectivity index (χ2v) is 6.57. The third-order valence-electron chi connectivity index (χ3n) is 4.99. The lowest BCUT2D eigenvalue weighted by atomic mass is 9.93. The van der Waals surface area contributed by atoms with Crippen molar-refractivity contribution in [3.63, 3.8) is 0 Å². The van der Waals surface area contributed by atoms with Gasteiger partial charge in [-0.3, -0.25) is 9.59 Å². The van der Waals surface area contributed by atoms with Crippen molar-refractivity contribution >= 4 is 11.8 Å². The fraction of sp³-hybridized carbons (Fsp3) is 0.333. The molecule has 27 heavy (non-hydrogen) atoms. The minimum atomic E-state index is -0.611. The third kappa shape index (κ3) is 3.89. The van der Waals surface area contributed by atoms with E-state index >= 15 is 0 Å². The number of fused-ring (bicyclic) bond motifs is 1. The molecular formula is C21H24N2O4. The first-order chi connectivity index (χ1) is 13.0. The number of carbonyl (C=O) groups is 2.